The van der Waals surface area contributed by atoms with Gasteiger partial charge >= 0.3 is 0 Å². The molecule has 0 bridgehead atoms. The first kappa shape index (κ1) is 18.1. The van der Waals surface area contributed by atoms with Gasteiger partial charge in [-0.25, -0.2) is 13.1 Å². The van der Waals surface area contributed by atoms with E-state index in [0.29, 0.717) is 11.8 Å². The Balaban J connectivity index is 1.58. The van der Waals surface area contributed by atoms with Gasteiger partial charge in [0, 0.05) is 25.5 Å². The normalized spacial score (nSPS) is 11.4. The number of benzene rings is 1. The Morgan fingerprint density at radius 3 is 2.65 bits per heavy atom. The minimum atomic E-state index is -3.84. The molecule has 1 amide bonds. The largest absolute Gasteiger partial charge is 0.421 e. The summed E-state index contributed by atoms with van der Waals surface area (Å²) in [6.45, 7) is 1.34. The van der Waals surface area contributed by atoms with Crippen LogP contribution in [-0.4, -0.2) is 41.3 Å². The molecule has 2 heterocycles. The second-order valence-electron chi connectivity index (χ2n) is 5.07. The van der Waals surface area contributed by atoms with Crippen LogP contribution in [0.25, 0.3) is 11.5 Å². The lowest BCUT2D eigenvalue weighted by Crippen LogP contribution is -2.26. The van der Waals surface area contributed by atoms with E-state index in [0.717, 1.165) is 16.9 Å². The van der Waals surface area contributed by atoms with Gasteiger partial charge in [0.2, 0.25) is 27.2 Å². The standard InChI is InChI=1S/C14H14N6O4S2/c1-9(21)16-13-19-20-14(25-13)26(22,23)15-8-7-11-17-18-12(24-11)10-5-3-2-4-6-10/h2-6,15H,7-8H2,1H3,(H,16,19,21). The molecular formula is C14H14N6O4S2. The van der Waals surface area contributed by atoms with Crippen LogP contribution in [-0.2, 0) is 21.2 Å². The molecule has 0 fully saturated rings. The summed E-state index contributed by atoms with van der Waals surface area (Å²) in [5.41, 5.74) is 0.784. The Labute approximate surface area is 152 Å². The zero-order valence-corrected chi connectivity index (χ0v) is 15.2. The summed E-state index contributed by atoms with van der Waals surface area (Å²) in [4.78, 5) is 10.9. The third-order valence-corrected chi connectivity index (χ3v) is 5.71. The number of amides is 1. The number of nitrogens with one attached hydrogen (secondary N) is 2. The van der Waals surface area contributed by atoms with Crippen LogP contribution in [0, 0.1) is 0 Å². The second kappa shape index (κ2) is 7.68. The van der Waals surface area contributed by atoms with Gasteiger partial charge in [0.05, 0.1) is 0 Å². The van der Waals surface area contributed by atoms with Gasteiger partial charge in [0.25, 0.3) is 10.0 Å². The molecule has 3 rings (SSSR count). The van der Waals surface area contributed by atoms with Gasteiger partial charge in [0.15, 0.2) is 0 Å². The average molecular weight is 394 g/mol. The van der Waals surface area contributed by atoms with Crippen molar-refractivity contribution in [1.29, 1.82) is 0 Å². The van der Waals surface area contributed by atoms with Gasteiger partial charge in [0.1, 0.15) is 0 Å². The van der Waals surface area contributed by atoms with Crippen molar-refractivity contribution in [2.24, 2.45) is 0 Å². The summed E-state index contributed by atoms with van der Waals surface area (Å²) in [7, 11) is -3.84. The lowest BCUT2D eigenvalue weighted by molar-refractivity contribution is -0.114. The maximum atomic E-state index is 12.2. The number of rotatable bonds is 7. The van der Waals surface area contributed by atoms with Gasteiger partial charge < -0.3 is 9.73 Å². The monoisotopic (exact) mass is 394 g/mol. The first-order chi connectivity index (χ1) is 12.4. The lowest BCUT2D eigenvalue weighted by atomic mass is 10.2. The Morgan fingerprint density at radius 2 is 1.92 bits per heavy atom. The van der Waals surface area contributed by atoms with E-state index in [1.54, 1.807) is 0 Å². The highest BCUT2D eigenvalue weighted by Gasteiger charge is 2.20. The van der Waals surface area contributed by atoms with Gasteiger partial charge in [-0.1, -0.05) is 29.5 Å². The Hall–Kier alpha value is -2.70. The maximum absolute atomic E-state index is 12.2. The zero-order valence-electron chi connectivity index (χ0n) is 13.5. The fraction of sp³-hybridized carbons (Fsp3) is 0.214. The Bertz CT molecular complexity index is 999. The smallest absolute Gasteiger partial charge is 0.269 e. The quantitative estimate of drug-likeness (QED) is 0.567. The van der Waals surface area contributed by atoms with Crippen LogP contribution >= 0.6 is 11.3 Å². The fourth-order valence-electron chi connectivity index (χ4n) is 1.93. The third-order valence-electron chi connectivity index (χ3n) is 3.04. The molecule has 0 saturated heterocycles. The number of carbonyl (C=O) groups is 1. The molecule has 136 valence electrons. The van der Waals surface area contributed by atoms with Crippen molar-refractivity contribution >= 4 is 32.4 Å². The number of carbonyl (C=O) groups excluding carboxylic acids is 1. The first-order valence-electron chi connectivity index (χ1n) is 7.42. The molecule has 3 aromatic rings. The van der Waals surface area contributed by atoms with Crippen LogP contribution in [0.4, 0.5) is 5.13 Å². The summed E-state index contributed by atoms with van der Waals surface area (Å²) in [6.07, 6.45) is 0.219. The number of sulfonamides is 1. The zero-order chi connectivity index (χ0) is 18.6. The van der Waals surface area contributed by atoms with E-state index in [1.807, 2.05) is 30.3 Å². The number of hydrogen-bond donors (Lipinski definition) is 2. The predicted octanol–water partition coefficient (Wildman–Crippen LogP) is 1.07. The van der Waals surface area contributed by atoms with Crippen LogP contribution in [0.5, 0.6) is 0 Å². The minimum Gasteiger partial charge on any atom is -0.421 e. The van der Waals surface area contributed by atoms with Crippen molar-refractivity contribution in [2.75, 3.05) is 11.9 Å². The number of aromatic nitrogens is 4. The Morgan fingerprint density at radius 1 is 1.15 bits per heavy atom. The molecule has 26 heavy (non-hydrogen) atoms. The van der Waals surface area contributed by atoms with Crippen molar-refractivity contribution in [1.82, 2.24) is 25.1 Å². The van der Waals surface area contributed by atoms with E-state index in [4.69, 9.17) is 4.42 Å². The molecule has 0 radical (unpaired) electrons. The molecule has 0 unspecified atom stereocenters. The molecule has 10 nitrogen and oxygen atoms in total. The summed E-state index contributed by atoms with van der Waals surface area (Å²) < 4.78 is 32.0. The molecule has 2 N–H and O–H groups in total. The van der Waals surface area contributed by atoms with Crippen LogP contribution < -0.4 is 10.0 Å². The van der Waals surface area contributed by atoms with Crippen LogP contribution in [0.3, 0.4) is 0 Å². The van der Waals surface area contributed by atoms with Gasteiger partial charge in [-0.15, -0.1) is 20.4 Å². The fourth-order valence-corrected chi connectivity index (χ4v) is 3.94. The first-order valence-corrected chi connectivity index (χ1v) is 9.72. The topological polar surface area (TPSA) is 140 Å². The van der Waals surface area contributed by atoms with Crippen LogP contribution in [0.15, 0.2) is 39.1 Å². The lowest BCUT2D eigenvalue weighted by Gasteiger charge is -2.00. The molecule has 1 aromatic carbocycles. The van der Waals surface area contributed by atoms with Crippen molar-refractivity contribution in [3.8, 4) is 11.5 Å². The number of hydrogen-bond acceptors (Lipinski definition) is 9. The van der Waals surface area contributed by atoms with E-state index >= 15 is 0 Å². The van der Waals surface area contributed by atoms with Crippen LogP contribution in [0.2, 0.25) is 0 Å². The molecule has 0 atom stereocenters. The van der Waals surface area contributed by atoms with Crippen molar-refractivity contribution in [3.05, 3.63) is 36.2 Å². The SMILES string of the molecule is CC(=O)Nc1nnc(S(=O)(=O)NCCc2nnc(-c3ccccc3)o2)s1. The van der Waals surface area contributed by atoms with Gasteiger partial charge in [-0.05, 0) is 12.1 Å². The highest BCUT2D eigenvalue weighted by atomic mass is 32.2. The molecule has 0 saturated carbocycles. The molecule has 0 aliphatic carbocycles. The maximum Gasteiger partial charge on any atom is 0.269 e. The van der Waals surface area contributed by atoms with E-state index in [1.165, 1.54) is 6.92 Å². The third kappa shape index (κ3) is 4.47. The van der Waals surface area contributed by atoms with Crippen molar-refractivity contribution in [3.63, 3.8) is 0 Å². The molecule has 0 spiro atoms. The summed E-state index contributed by atoms with van der Waals surface area (Å²) in [6, 6.07) is 9.25. The van der Waals surface area contributed by atoms with Crippen LogP contribution in [0.1, 0.15) is 12.8 Å². The van der Waals surface area contributed by atoms with Gasteiger partial charge in [-0.3, -0.25) is 4.79 Å². The number of anilines is 1. The molecule has 0 aliphatic heterocycles. The summed E-state index contributed by atoms with van der Waals surface area (Å²) in [5.74, 6) is 0.318. The summed E-state index contributed by atoms with van der Waals surface area (Å²) >= 11 is 0.760. The average Bonchev–Trinajstić information content (AvgIpc) is 3.25. The summed E-state index contributed by atoms with van der Waals surface area (Å²) in [5, 5.41) is 17.5. The van der Waals surface area contributed by atoms with E-state index < -0.39 is 10.0 Å². The molecule has 12 heteroatoms. The van der Waals surface area contributed by atoms with Gasteiger partial charge in [-0.2, -0.15) is 0 Å². The van der Waals surface area contributed by atoms with E-state index in [2.05, 4.69) is 30.4 Å². The van der Waals surface area contributed by atoms with Crippen molar-refractivity contribution < 1.29 is 17.6 Å². The highest BCUT2D eigenvalue weighted by Crippen LogP contribution is 2.20. The van der Waals surface area contributed by atoms with Crippen molar-refractivity contribution in [2.45, 2.75) is 17.7 Å². The minimum absolute atomic E-state index is 0.0494. The number of nitrogens with zero attached hydrogens (tertiary/aromatic N) is 4. The molecular weight excluding hydrogens is 380 g/mol. The molecule has 2 aromatic heterocycles. The van der Waals surface area contributed by atoms with E-state index in [9.17, 15) is 13.2 Å². The second-order valence-corrected chi connectivity index (χ2v) is 7.99. The Kier molecular flexibility index (Phi) is 5.35. The van der Waals surface area contributed by atoms with E-state index in [-0.39, 0.29) is 28.3 Å². The highest BCUT2D eigenvalue weighted by molar-refractivity contribution is 7.91. The predicted molar refractivity (Wildman–Crippen MR) is 92.8 cm³/mol. The molecule has 0 aliphatic rings.